The molecule has 1 unspecified atom stereocenters. The molecular weight excluding hydrogens is 100 g/mol. The van der Waals surface area contributed by atoms with E-state index < -0.39 is 0 Å². The maximum Gasteiger partial charge on any atom is 0.0930 e. The van der Waals surface area contributed by atoms with Gasteiger partial charge in [0.05, 0.1) is 12.1 Å². The second-order valence-corrected chi connectivity index (χ2v) is 2.41. The van der Waals surface area contributed by atoms with Crippen LogP contribution >= 0.6 is 0 Å². The van der Waals surface area contributed by atoms with Crippen LogP contribution in [0.15, 0.2) is 0 Å². The molecule has 1 aliphatic rings. The first-order chi connectivity index (χ1) is 3.83. The van der Waals surface area contributed by atoms with Crippen molar-refractivity contribution in [3.63, 3.8) is 0 Å². The first kappa shape index (κ1) is 5.58. The van der Waals surface area contributed by atoms with Gasteiger partial charge in [0.25, 0.3) is 0 Å². The van der Waals surface area contributed by atoms with E-state index >= 15 is 0 Å². The highest BCUT2D eigenvalue weighted by Gasteiger charge is 2.23. The minimum Gasteiger partial charge on any atom is -0.316 e. The van der Waals surface area contributed by atoms with Crippen LogP contribution < -0.4 is 5.73 Å². The van der Waals surface area contributed by atoms with Crippen LogP contribution in [0.3, 0.4) is 0 Å². The summed E-state index contributed by atoms with van der Waals surface area (Å²) in [5, 5.41) is 8.24. The van der Waals surface area contributed by atoms with Crippen molar-refractivity contribution in [2.45, 2.75) is 25.3 Å². The first-order valence-corrected chi connectivity index (χ1v) is 2.98. The molecule has 0 amide bonds. The zero-order valence-electron chi connectivity index (χ0n) is 4.80. The number of rotatable bonds is 2. The van der Waals surface area contributed by atoms with Gasteiger partial charge in [0.15, 0.2) is 0 Å². The van der Waals surface area contributed by atoms with E-state index in [9.17, 15) is 0 Å². The van der Waals surface area contributed by atoms with E-state index in [1.54, 1.807) is 0 Å². The van der Waals surface area contributed by atoms with Crippen LogP contribution in [0, 0.1) is 17.2 Å². The molecule has 1 aliphatic carbocycles. The van der Waals surface area contributed by atoms with Gasteiger partial charge in [-0.3, -0.25) is 0 Å². The van der Waals surface area contributed by atoms with Crippen molar-refractivity contribution in [1.82, 2.24) is 0 Å². The van der Waals surface area contributed by atoms with E-state index in [0.717, 1.165) is 12.3 Å². The maximum atomic E-state index is 8.24. The third-order valence-corrected chi connectivity index (χ3v) is 1.45. The van der Waals surface area contributed by atoms with Crippen LogP contribution in [0.25, 0.3) is 0 Å². The van der Waals surface area contributed by atoms with Crippen molar-refractivity contribution in [3.05, 3.63) is 0 Å². The van der Waals surface area contributed by atoms with Crippen LogP contribution in [-0.4, -0.2) is 6.04 Å². The summed E-state index contributed by atoms with van der Waals surface area (Å²) < 4.78 is 0. The summed E-state index contributed by atoms with van der Waals surface area (Å²) in [5.41, 5.74) is 5.35. The Morgan fingerprint density at radius 3 is 2.75 bits per heavy atom. The van der Waals surface area contributed by atoms with Crippen molar-refractivity contribution < 1.29 is 0 Å². The van der Waals surface area contributed by atoms with Gasteiger partial charge in [-0.2, -0.15) is 5.26 Å². The van der Waals surface area contributed by atoms with E-state index in [2.05, 4.69) is 0 Å². The van der Waals surface area contributed by atoms with Gasteiger partial charge in [0.1, 0.15) is 0 Å². The predicted molar refractivity (Wildman–Crippen MR) is 30.9 cm³/mol. The van der Waals surface area contributed by atoms with Crippen molar-refractivity contribution in [1.29, 1.82) is 5.26 Å². The molecule has 8 heavy (non-hydrogen) atoms. The molecule has 1 fully saturated rings. The summed E-state index contributed by atoms with van der Waals surface area (Å²) in [6, 6.07) is 1.81. The lowest BCUT2D eigenvalue weighted by Crippen LogP contribution is -2.17. The summed E-state index contributed by atoms with van der Waals surface area (Å²) in [6.07, 6.45) is 3.49. The average molecular weight is 110 g/mol. The van der Waals surface area contributed by atoms with Gasteiger partial charge in [-0.25, -0.2) is 0 Å². The normalized spacial score (nSPS) is 22.0. The molecule has 44 valence electrons. The van der Waals surface area contributed by atoms with Gasteiger partial charge in [0, 0.05) is 0 Å². The quantitative estimate of drug-likeness (QED) is 0.567. The Kier molecular flexibility index (Phi) is 1.50. The molecule has 0 aromatic heterocycles. The molecule has 1 atom stereocenters. The lowest BCUT2D eigenvalue weighted by atomic mass is 10.2. The van der Waals surface area contributed by atoms with Gasteiger partial charge in [-0.1, -0.05) is 12.8 Å². The van der Waals surface area contributed by atoms with Crippen molar-refractivity contribution in [2.24, 2.45) is 11.7 Å². The van der Waals surface area contributed by atoms with Crippen LogP contribution in [-0.2, 0) is 0 Å². The molecule has 1 rings (SSSR count). The van der Waals surface area contributed by atoms with E-state index in [1.165, 1.54) is 12.8 Å². The molecule has 0 aliphatic heterocycles. The molecule has 2 N–H and O–H groups in total. The highest BCUT2D eigenvalue weighted by atomic mass is 14.6. The molecule has 2 heteroatoms. The number of nitrogens with zero attached hydrogens (tertiary/aromatic N) is 1. The van der Waals surface area contributed by atoms with E-state index in [4.69, 9.17) is 11.0 Å². The summed E-state index contributed by atoms with van der Waals surface area (Å²) in [4.78, 5) is 0. The molecule has 0 aromatic rings. The molecule has 0 spiro atoms. The van der Waals surface area contributed by atoms with Gasteiger partial charge in [-0.15, -0.1) is 0 Å². The molecule has 0 radical (unpaired) electrons. The SMILES string of the molecule is N#CC(N)CC1CC1. The lowest BCUT2D eigenvalue weighted by molar-refractivity contribution is 0.662. The van der Waals surface area contributed by atoms with Gasteiger partial charge in [0.2, 0.25) is 0 Å². The molecule has 0 saturated heterocycles. The van der Waals surface area contributed by atoms with E-state index in [1.807, 2.05) is 6.07 Å². The van der Waals surface area contributed by atoms with Gasteiger partial charge >= 0.3 is 0 Å². The molecule has 0 heterocycles. The number of nitrogens with two attached hydrogens (primary N) is 1. The van der Waals surface area contributed by atoms with Crippen molar-refractivity contribution >= 4 is 0 Å². The molecule has 1 saturated carbocycles. The Bertz CT molecular complexity index is 110. The Hall–Kier alpha value is -0.550. The average Bonchev–Trinajstić information content (AvgIpc) is 2.50. The van der Waals surface area contributed by atoms with Gasteiger partial charge < -0.3 is 5.73 Å². The summed E-state index contributed by atoms with van der Waals surface area (Å²) in [6.45, 7) is 0. The predicted octanol–water partition coefficient (Wildman–Crippen LogP) is 0.637. The van der Waals surface area contributed by atoms with Crippen LogP contribution in [0.5, 0.6) is 0 Å². The zero-order chi connectivity index (χ0) is 5.98. The summed E-state index contributed by atoms with van der Waals surface area (Å²) in [7, 11) is 0. The molecule has 0 bridgehead atoms. The van der Waals surface area contributed by atoms with E-state index in [-0.39, 0.29) is 6.04 Å². The Morgan fingerprint density at radius 1 is 1.75 bits per heavy atom. The fourth-order valence-corrected chi connectivity index (χ4v) is 0.765. The molecule has 0 aromatic carbocycles. The van der Waals surface area contributed by atoms with Crippen LogP contribution in [0.4, 0.5) is 0 Å². The first-order valence-electron chi connectivity index (χ1n) is 2.98. The Labute approximate surface area is 49.3 Å². The van der Waals surface area contributed by atoms with Crippen LogP contribution in [0.1, 0.15) is 19.3 Å². The largest absolute Gasteiger partial charge is 0.316 e. The van der Waals surface area contributed by atoms with Gasteiger partial charge in [-0.05, 0) is 12.3 Å². The second kappa shape index (κ2) is 2.15. The highest BCUT2D eigenvalue weighted by Crippen LogP contribution is 2.32. The highest BCUT2D eigenvalue weighted by molar-refractivity contribution is 4.91. The van der Waals surface area contributed by atoms with E-state index in [0.29, 0.717) is 0 Å². The van der Waals surface area contributed by atoms with Crippen molar-refractivity contribution in [2.75, 3.05) is 0 Å². The minimum absolute atomic E-state index is 0.206. The number of nitriles is 1. The summed E-state index contributed by atoms with van der Waals surface area (Å²) in [5.74, 6) is 0.782. The van der Waals surface area contributed by atoms with Crippen LogP contribution in [0.2, 0.25) is 0 Å². The summed E-state index contributed by atoms with van der Waals surface area (Å²) >= 11 is 0. The molecule has 2 nitrogen and oxygen atoms in total. The standard InChI is InChI=1S/C6H10N2/c7-4-6(8)3-5-1-2-5/h5-6H,1-3,8H2. The Morgan fingerprint density at radius 2 is 2.38 bits per heavy atom. The third-order valence-electron chi connectivity index (χ3n) is 1.45. The minimum atomic E-state index is -0.206. The Balaban J connectivity index is 2.09. The fraction of sp³-hybridized carbons (Fsp3) is 0.833. The second-order valence-electron chi connectivity index (χ2n) is 2.41. The smallest absolute Gasteiger partial charge is 0.0930 e. The molecular formula is C6H10N2. The zero-order valence-corrected chi connectivity index (χ0v) is 4.80. The van der Waals surface area contributed by atoms with Crippen molar-refractivity contribution in [3.8, 4) is 6.07 Å². The number of hydrogen-bond donors (Lipinski definition) is 1. The number of hydrogen-bond acceptors (Lipinski definition) is 2. The maximum absolute atomic E-state index is 8.24. The fourth-order valence-electron chi connectivity index (χ4n) is 0.765. The third kappa shape index (κ3) is 1.51. The lowest BCUT2D eigenvalue weighted by Gasteiger charge is -1.95. The monoisotopic (exact) mass is 110 g/mol. The topological polar surface area (TPSA) is 49.8 Å².